The predicted molar refractivity (Wildman–Crippen MR) is 50.7 cm³/mol. The Bertz CT molecular complexity index is 250. The molecule has 0 saturated carbocycles. The van der Waals surface area contributed by atoms with Gasteiger partial charge in [0.2, 0.25) is 0 Å². The van der Waals surface area contributed by atoms with Crippen molar-refractivity contribution in [1.82, 2.24) is 4.98 Å². The third kappa shape index (κ3) is 3.30. The highest BCUT2D eigenvalue weighted by atomic mass is 35.5. The van der Waals surface area contributed by atoms with Crippen LogP contribution in [-0.2, 0) is 4.74 Å². The van der Waals surface area contributed by atoms with Crippen LogP contribution in [-0.4, -0.2) is 23.3 Å². The average Bonchev–Trinajstić information content (AvgIpc) is 2.15. The van der Waals surface area contributed by atoms with E-state index in [1.54, 1.807) is 12.1 Å². The minimum atomic E-state index is -0.669. The van der Waals surface area contributed by atoms with Gasteiger partial charge in [-0.3, -0.25) is 4.98 Å². The summed E-state index contributed by atoms with van der Waals surface area (Å²) in [4.78, 5) is 3.97. The second kappa shape index (κ2) is 5.17. The van der Waals surface area contributed by atoms with E-state index in [1.165, 1.54) is 6.20 Å². The van der Waals surface area contributed by atoms with Gasteiger partial charge in [0.25, 0.3) is 0 Å². The Labute approximate surface area is 82.3 Å². The largest absolute Gasteiger partial charge is 0.384 e. The van der Waals surface area contributed by atoms with Gasteiger partial charge in [0, 0.05) is 12.8 Å². The van der Waals surface area contributed by atoms with E-state index in [2.05, 4.69) is 4.98 Å². The van der Waals surface area contributed by atoms with Gasteiger partial charge in [0.15, 0.2) is 0 Å². The van der Waals surface area contributed by atoms with E-state index in [4.69, 9.17) is 16.3 Å². The fraction of sp³-hybridized carbons (Fsp3) is 0.444. The summed E-state index contributed by atoms with van der Waals surface area (Å²) < 4.78 is 5.06. The van der Waals surface area contributed by atoms with Crippen molar-refractivity contribution in [3.8, 4) is 0 Å². The molecule has 0 aromatic carbocycles. The molecule has 3 nitrogen and oxygen atoms in total. The van der Waals surface area contributed by atoms with Crippen molar-refractivity contribution in [3.05, 3.63) is 29.0 Å². The van der Waals surface area contributed by atoms with Crippen LogP contribution in [0.2, 0.25) is 5.02 Å². The van der Waals surface area contributed by atoms with Crippen LogP contribution in [0.25, 0.3) is 0 Å². The highest BCUT2D eigenvalue weighted by molar-refractivity contribution is 6.30. The lowest BCUT2D eigenvalue weighted by Gasteiger charge is -2.09. The highest BCUT2D eigenvalue weighted by Crippen LogP contribution is 2.13. The molecule has 0 aliphatic rings. The van der Waals surface area contributed by atoms with Crippen LogP contribution in [0.4, 0.5) is 0 Å². The molecule has 1 atom stereocenters. The van der Waals surface area contributed by atoms with Crippen LogP contribution in [0.5, 0.6) is 0 Å². The molecule has 4 heteroatoms. The first-order chi connectivity index (χ1) is 6.24. The molecule has 1 aromatic rings. The number of aliphatic hydroxyl groups is 1. The van der Waals surface area contributed by atoms with Gasteiger partial charge >= 0.3 is 0 Å². The lowest BCUT2D eigenvalue weighted by atomic mass is 10.2. The van der Waals surface area contributed by atoms with E-state index < -0.39 is 6.10 Å². The number of nitrogens with zero attached hydrogens (tertiary/aromatic N) is 1. The lowest BCUT2D eigenvalue weighted by molar-refractivity contribution is 0.0398. The molecule has 0 bridgehead atoms. The Morgan fingerprint density at radius 2 is 2.38 bits per heavy atom. The van der Waals surface area contributed by atoms with E-state index in [1.807, 2.05) is 6.92 Å². The smallest absolute Gasteiger partial charge is 0.119 e. The van der Waals surface area contributed by atoms with Crippen LogP contribution in [0.1, 0.15) is 18.7 Å². The van der Waals surface area contributed by atoms with Crippen LogP contribution < -0.4 is 0 Å². The van der Waals surface area contributed by atoms with Gasteiger partial charge in [-0.05, 0) is 19.1 Å². The zero-order valence-electron chi connectivity index (χ0n) is 7.40. The minimum Gasteiger partial charge on any atom is -0.384 e. The van der Waals surface area contributed by atoms with Crippen molar-refractivity contribution in [2.45, 2.75) is 13.0 Å². The summed E-state index contributed by atoms with van der Waals surface area (Å²) in [6.07, 6.45) is 0.837. The van der Waals surface area contributed by atoms with Gasteiger partial charge in [-0.15, -0.1) is 0 Å². The fourth-order valence-corrected chi connectivity index (χ4v) is 1.01. The summed E-state index contributed by atoms with van der Waals surface area (Å²) in [6.45, 7) is 2.73. The van der Waals surface area contributed by atoms with Crippen molar-refractivity contribution in [3.63, 3.8) is 0 Å². The zero-order valence-corrected chi connectivity index (χ0v) is 8.16. The maximum Gasteiger partial charge on any atom is 0.119 e. The molecular weight excluding hydrogens is 190 g/mol. The maximum atomic E-state index is 9.51. The van der Waals surface area contributed by atoms with Gasteiger partial charge in [0.1, 0.15) is 6.10 Å². The molecule has 1 N–H and O–H groups in total. The molecular formula is C9H12ClNO2. The Morgan fingerprint density at radius 3 is 2.92 bits per heavy atom. The summed E-state index contributed by atoms with van der Waals surface area (Å²) in [6, 6.07) is 3.38. The second-order valence-electron chi connectivity index (χ2n) is 2.58. The number of aromatic nitrogens is 1. The molecule has 0 radical (unpaired) electrons. The number of hydrogen-bond donors (Lipinski definition) is 1. The van der Waals surface area contributed by atoms with E-state index in [9.17, 15) is 5.11 Å². The lowest BCUT2D eigenvalue weighted by Crippen LogP contribution is -2.08. The van der Waals surface area contributed by atoms with Gasteiger partial charge < -0.3 is 9.84 Å². The van der Waals surface area contributed by atoms with Crippen molar-refractivity contribution < 1.29 is 9.84 Å². The summed E-state index contributed by atoms with van der Waals surface area (Å²) >= 11 is 5.65. The third-order valence-electron chi connectivity index (χ3n) is 1.57. The van der Waals surface area contributed by atoms with Crippen molar-refractivity contribution in [1.29, 1.82) is 0 Å². The number of aliphatic hydroxyl groups excluding tert-OH is 1. The zero-order chi connectivity index (χ0) is 9.68. The molecule has 0 fully saturated rings. The topological polar surface area (TPSA) is 42.4 Å². The van der Waals surface area contributed by atoms with E-state index in [-0.39, 0.29) is 6.61 Å². The second-order valence-corrected chi connectivity index (χ2v) is 3.01. The van der Waals surface area contributed by atoms with Gasteiger partial charge in [-0.2, -0.15) is 0 Å². The number of hydrogen-bond acceptors (Lipinski definition) is 3. The van der Waals surface area contributed by atoms with Crippen molar-refractivity contribution >= 4 is 11.6 Å². The first kappa shape index (κ1) is 10.4. The van der Waals surface area contributed by atoms with E-state index in [0.717, 1.165) is 0 Å². The standard InChI is InChI=1S/C9H12ClNO2/c1-2-13-6-9(12)8-4-3-7(10)5-11-8/h3-5,9,12H,2,6H2,1H3. The molecule has 1 unspecified atom stereocenters. The summed E-state index contributed by atoms with van der Waals surface area (Å²) in [5.74, 6) is 0. The molecule has 0 aliphatic carbocycles. The number of pyridine rings is 1. The molecule has 0 aliphatic heterocycles. The van der Waals surface area contributed by atoms with Crippen LogP contribution in [0.3, 0.4) is 0 Å². The Kier molecular flexibility index (Phi) is 4.15. The van der Waals surface area contributed by atoms with Crippen LogP contribution in [0.15, 0.2) is 18.3 Å². The van der Waals surface area contributed by atoms with Crippen LogP contribution >= 0.6 is 11.6 Å². The van der Waals surface area contributed by atoms with Crippen molar-refractivity contribution in [2.75, 3.05) is 13.2 Å². The fourth-order valence-electron chi connectivity index (χ4n) is 0.899. The molecule has 72 valence electrons. The Balaban J connectivity index is 2.55. The Morgan fingerprint density at radius 1 is 1.62 bits per heavy atom. The van der Waals surface area contributed by atoms with E-state index >= 15 is 0 Å². The van der Waals surface area contributed by atoms with E-state index in [0.29, 0.717) is 17.3 Å². The normalized spacial score (nSPS) is 12.8. The quantitative estimate of drug-likeness (QED) is 0.808. The molecule has 1 heterocycles. The first-order valence-corrected chi connectivity index (χ1v) is 4.49. The third-order valence-corrected chi connectivity index (χ3v) is 1.80. The molecule has 0 saturated heterocycles. The monoisotopic (exact) mass is 201 g/mol. The average molecular weight is 202 g/mol. The first-order valence-electron chi connectivity index (χ1n) is 4.11. The molecule has 0 amide bonds. The SMILES string of the molecule is CCOCC(O)c1ccc(Cl)cn1. The number of ether oxygens (including phenoxy) is 1. The maximum absolute atomic E-state index is 9.51. The molecule has 0 spiro atoms. The number of rotatable bonds is 4. The van der Waals surface area contributed by atoms with Gasteiger partial charge in [-0.25, -0.2) is 0 Å². The summed E-state index contributed by atoms with van der Waals surface area (Å²) in [5.41, 5.74) is 0.581. The molecule has 1 aromatic heterocycles. The number of halogens is 1. The van der Waals surface area contributed by atoms with Crippen molar-refractivity contribution in [2.24, 2.45) is 0 Å². The van der Waals surface area contributed by atoms with Gasteiger partial charge in [-0.1, -0.05) is 11.6 Å². The highest BCUT2D eigenvalue weighted by Gasteiger charge is 2.07. The molecule has 1 rings (SSSR count). The van der Waals surface area contributed by atoms with Crippen LogP contribution in [0, 0.1) is 0 Å². The predicted octanol–water partition coefficient (Wildman–Crippen LogP) is 1.80. The summed E-state index contributed by atoms with van der Waals surface area (Å²) in [7, 11) is 0. The molecule has 13 heavy (non-hydrogen) atoms. The van der Waals surface area contributed by atoms with Gasteiger partial charge in [0.05, 0.1) is 17.3 Å². The summed E-state index contributed by atoms with van der Waals surface area (Å²) in [5, 5.41) is 10.1. The minimum absolute atomic E-state index is 0.269. The Hall–Kier alpha value is -0.640.